The Bertz CT molecular complexity index is 727. The second-order valence-corrected chi connectivity index (χ2v) is 6.75. The molecular weight excluding hydrogens is 296 g/mol. The minimum absolute atomic E-state index is 0.0544. The predicted molar refractivity (Wildman–Crippen MR) is 79.6 cm³/mol. The van der Waals surface area contributed by atoms with Crippen molar-refractivity contribution in [2.45, 2.75) is 36.2 Å². The zero-order valence-electron chi connectivity index (χ0n) is 13.3. The number of ether oxygens (including phenoxy) is 3. The van der Waals surface area contributed by atoms with Crippen molar-refractivity contribution < 1.29 is 19.0 Å². The fourth-order valence-corrected chi connectivity index (χ4v) is 4.21. The number of methoxy groups -OCH3 is 1. The molecule has 0 amide bonds. The number of nitriles is 1. The molecule has 3 saturated heterocycles. The topological polar surface area (TPSA) is 75.1 Å². The maximum Gasteiger partial charge on any atom is 0.357 e. The molecule has 0 bridgehead atoms. The van der Waals surface area contributed by atoms with Crippen LogP contribution in [0.4, 0.5) is 0 Å². The van der Waals surface area contributed by atoms with Crippen molar-refractivity contribution >= 4 is 5.97 Å². The summed E-state index contributed by atoms with van der Waals surface area (Å²) in [4.78, 5) is 14.3. The van der Waals surface area contributed by atoms with Crippen LogP contribution in [0.2, 0.25) is 0 Å². The van der Waals surface area contributed by atoms with Gasteiger partial charge in [-0.25, -0.2) is 4.79 Å². The molecule has 0 N–H and O–H groups in total. The van der Waals surface area contributed by atoms with E-state index in [1.165, 1.54) is 0 Å². The molecule has 6 nitrogen and oxygen atoms in total. The van der Waals surface area contributed by atoms with Crippen molar-refractivity contribution in [3.05, 3.63) is 29.8 Å². The Balaban J connectivity index is 1.70. The van der Waals surface area contributed by atoms with Gasteiger partial charge in [0.1, 0.15) is 11.8 Å². The third-order valence-corrected chi connectivity index (χ3v) is 5.54. The van der Waals surface area contributed by atoms with Crippen LogP contribution in [-0.2, 0) is 14.3 Å². The number of epoxide rings is 1. The highest BCUT2D eigenvalue weighted by Gasteiger charge is 2.90. The Labute approximate surface area is 134 Å². The van der Waals surface area contributed by atoms with Crippen LogP contribution >= 0.6 is 0 Å². The number of rotatable bonds is 2. The molecule has 0 aromatic heterocycles. The van der Waals surface area contributed by atoms with Gasteiger partial charge >= 0.3 is 5.97 Å². The highest BCUT2D eigenvalue weighted by atomic mass is 16.7. The molecule has 120 valence electrons. The lowest BCUT2D eigenvalue weighted by Crippen LogP contribution is -2.57. The van der Waals surface area contributed by atoms with Crippen molar-refractivity contribution in [3.63, 3.8) is 0 Å². The van der Waals surface area contributed by atoms with Crippen LogP contribution in [0, 0.1) is 11.3 Å². The first-order valence-electron chi connectivity index (χ1n) is 7.60. The summed E-state index contributed by atoms with van der Waals surface area (Å²) in [5.74, 6) is 0.245. The molecule has 0 radical (unpaired) electrons. The number of likely N-dealkylation sites (N-methyl/N-ethyl adjacent to an activating group) is 1. The lowest BCUT2D eigenvalue weighted by Gasteiger charge is -2.44. The number of nitrogens with zero attached hydrogens (tertiary/aromatic N) is 2. The molecule has 3 aliphatic heterocycles. The fourth-order valence-electron chi connectivity index (χ4n) is 4.21. The van der Waals surface area contributed by atoms with Crippen LogP contribution in [0.25, 0.3) is 0 Å². The van der Waals surface area contributed by atoms with Gasteiger partial charge in [0.05, 0.1) is 7.11 Å². The maximum absolute atomic E-state index is 12.2. The van der Waals surface area contributed by atoms with Gasteiger partial charge in [0.2, 0.25) is 0 Å². The Hall–Kier alpha value is -2.10. The lowest BCUT2D eigenvalue weighted by molar-refractivity contribution is -0.173. The van der Waals surface area contributed by atoms with Gasteiger partial charge in [-0.15, -0.1) is 0 Å². The van der Waals surface area contributed by atoms with Crippen LogP contribution in [0.1, 0.15) is 24.9 Å². The summed E-state index contributed by atoms with van der Waals surface area (Å²) in [6.45, 7) is 2.39. The van der Waals surface area contributed by atoms with Crippen LogP contribution in [0.5, 0.6) is 5.75 Å². The SMILES string of the molecule is COc1ccc([C@@H]2C[C@]34O[C@@]3(C#N)C(=O)O[C@@]4(C)CN2C)cc1. The summed E-state index contributed by atoms with van der Waals surface area (Å²) in [6.07, 6.45) is 0.547. The van der Waals surface area contributed by atoms with Crippen LogP contribution in [0.15, 0.2) is 24.3 Å². The van der Waals surface area contributed by atoms with E-state index in [9.17, 15) is 10.1 Å². The second-order valence-electron chi connectivity index (χ2n) is 6.75. The summed E-state index contributed by atoms with van der Waals surface area (Å²) >= 11 is 0. The smallest absolute Gasteiger partial charge is 0.357 e. The van der Waals surface area contributed by atoms with Crippen molar-refractivity contribution in [2.75, 3.05) is 20.7 Å². The second kappa shape index (κ2) is 4.25. The third kappa shape index (κ3) is 1.56. The zero-order valence-corrected chi connectivity index (χ0v) is 13.3. The molecule has 1 spiro atoms. The molecule has 1 aromatic carbocycles. The van der Waals surface area contributed by atoms with Crippen molar-refractivity contribution in [1.82, 2.24) is 4.90 Å². The zero-order chi connectivity index (χ0) is 16.5. The summed E-state index contributed by atoms with van der Waals surface area (Å²) in [6, 6.07) is 9.94. The first-order valence-corrected chi connectivity index (χ1v) is 7.60. The summed E-state index contributed by atoms with van der Waals surface area (Å²) in [5.41, 5.74) is -1.94. The van der Waals surface area contributed by atoms with E-state index in [0.29, 0.717) is 13.0 Å². The Kier molecular flexibility index (Phi) is 2.68. The van der Waals surface area contributed by atoms with E-state index in [1.54, 1.807) is 7.11 Å². The third-order valence-electron chi connectivity index (χ3n) is 5.54. The summed E-state index contributed by atoms with van der Waals surface area (Å²) in [5, 5.41) is 9.47. The molecule has 3 aliphatic rings. The highest BCUT2D eigenvalue weighted by molar-refractivity contribution is 5.93. The lowest BCUT2D eigenvalue weighted by atomic mass is 9.73. The van der Waals surface area contributed by atoms with E-state index in [-0.39, 0.29) is 6.04 Å². The normalized spacial score (nSPS) is 41.5. The number of hydrogen-bond donors (Lipinski definition) is 0. The van der Waals surface area contributed by atoms with E-state index < -0.39 is 22.8 Å². The van der Waals surface area contributed by atoms with Gasteiger partial charge < -0.3 is 14.2 Å². The highest BCUT2D eigenvalue weighted by Crippen LogP contribution is 2.67. The molecule has 1 aromatic rings. The van der Waals surface area contributed by atoms with Crippen molar-refractivity contribution in [1.29, 1.82) is 5.26 Å². The number of hydrogen-bond acceptors (Lipinski definition) is 6. The molecule has 6 heteroatoms. The monoisotopic (exact) mass is 314 g/mol. The van der Waals surface area contributed by atoms with Gasteiger partial charge in [-0.1, -0.05) is 12.1 Å². The van der Waals surface area contributed by atoms with E-state index in [4.69, 9.17) is 14.2 Å². The van der Waals surface area contributed by atoms with Crippen LogP contribution < -0.4 is 4.74 Å². The average molecular weight is 314 g/mol. The molecular formula is C17H18N2O4. The van der Waals surface area contributed by atoms with E-state index in [2.05, 4.69) is 4.90 Å². The van der Waals surface area contributed by atoms with Gasteiger partial charge in [0.25, 0.3) is 5.60 Å². The summed E-state index contributed by atoms with van der Waals surface area (Å²) < 4.78 is 16.5. The number of carbonyl (C=O) groups excluding carboxylic acids is 1. The van der Waals surface area contributed by atoms with Crippen LogP contribution in [0.3, 0.4) is 0 Å². The number of benzene rings is 1. The summed E-state index contributed by atoms with van der Waals surface area (Å²) in [7, 11) is 3.63. The van der Waals surface area contributed by atoms with Gasteiger partial charge in [-0.3, -0.25) is 4.90 Å². The largest absolute Gasteiger partial charge is 0.497 e. The molecule has 23 heavy (non-hydrogen) atoms. The molecule has 4 atom stereocenters. The van der Waals surface area contributed by atoms with E-state index in [0.717, 1.165) is 11.3 Å². The molecule has 0 saturated carbocycles. The molecule has 3 fully saturated rings. The molecule has 0 aliphatic carbocycles. The van der Waals surface area contributed by atoms with E-state index >= 15 is 0 Å². The first-order chi connectivity index (χ1) is 10.9. The number of carbonyl (C=O) groups is 1. The van der Waals surface area contributed by atoms with Crippen molar-refractivity contribution in [3.8, 4) is 11.8 Å². The van der Waals surface area contributed by atoms with E-state index in [1.807, 2.05) is 44.3 Å². The van der Waals surface area contributed by atoms with Gasteiger partial charge in [-0.2, -0.15) is 5.26 Å². The number of esters is 1. The molecule has 0 unspecified atom stereocenters. The standard InChI is InChI=1S/C17H18N2O4/c1-15-10-19(2)13(11-4-6-12(21-3)7-5-11)8-17(15)16(9-18,23-17)14(20)22-15/h4-7,13H,8,10H2,1-3H3/t13-,15-,16-,17+/m0/s1. The van der Waals surface area contributed by atoms with Gasteiger partial charge in [-0.05, 0) is 31.7 Å². The Morgan fingerprint density at radius 2 is 2.09 bits per heavy atom. The Morgan fingerprint density at radius 1 is 1.39 bits per heavy atom. The van der Waals surface area contributed by atoms with Gasteiger partial charge in [0.15, 0.2) is 11.2 Å². The predicted octanol–water partition coefficient (Wildman–Crippen LogP) is 1.42. The molecule has 3 heterocycles. The Morgan fingerprint density at radius 3 is 2.65 bits per heavy atom. The van der Waals surface area contributed by atoms with Crippen molar-refractivity contribution in [2.24, 2.45) is 0 Å². The fraction of sp³-hybridized carbons (Fsp3) is 0.529. The minimum Gasteiger partial charge on any atom is -0.497 e. The minimum atomic E-state index is -1.42. The maximum atomic E-state index is 12.2. The molecule has 4 rings (SSSR count). The van der Waals surface area contributed by atoms with Crippen LogP contribution in [-0.4, -0.2) is 48.4 Å². The number of likely N-dealkylation sites (tertiary alicyclic amines) is 1. The average Bonchev–Trinajstić information content (AvgIpc) is 3.17. The number of piperidine rings is 1. The quantitative estimate of drug-likeness (QED) is 0.607. The first kappa shape index (κ1) is 14.5. The van der Waals surface area contributed by atoms with Gasteiger partial charge in [0, 0.05) is 19.0 Å².